The number of unbranched alkanes of at least 4 members (excludes halogenated alkanes) is 1. The Hall–Kier alpha value is 0.0687. The minimum atomic E-state index is -2.02. The zero-order chi connectivity index (χ0) is 27.9. The van der Waals surface area contributed by atoms with Crippen LogP contribution in [0.2, 0.25) is 14.8 Å². The van der Waals surface area contributed by atoms with E-state index in [0.29, 0.717) is 0 Å². The Labute approximate surface area is 231 Å². The van der Waals surface area contributed by atoms with Gasteiger partial charge in [0.1, 0.15) is 0 Å². The maximum atomic E-state index is 4.70. The van der Waals surface area contributed by atoms with Crippen molar-refractivity contribution in [3.8, 4) is 0 Å². The summed E-state index contributed by atoms with van der Waals surface area (Å²) in [6.07, 6.45) is 8.79. The van der Waals surface area contributed by atoms with Crippen LogP contribution in [-0.4, -0.2) is 18.4 Å². The number of thiophene rings is 1. The molecule has 1 rings (SSSR count). The van der Waals surface area contributed by atoms with Crippen LogP contribution in [0.3, 0.4) is 0 Å². The first kappa shape index (κ1) is 41.2. The predicted molar refractivity (Wildman–Crippen MR) is 175 cm³/mol. The molecule has 0 radical (unpaired) electrons. The van der Waals surface area contributed by atoms with Crippen molar-refractivity contribution in [1.29, 1.82) is 0 Å². The van der Waals surface area contributed by atoms with E-state index in [1.165, 1.54) is 47.4 Å². The zero-order valence-corrected chi connectivity index (χ0v) is 30.5. The Bertz CT molecular complexity index is 653. The van der Waals surface area contributed by atoms with E-state index in [1.54, 1.807) is 3.59 Å². The molecular formula is C31H62S2Sn. The molecule has 0 saturated heterocycles. The van der Waals surface area contributed by atoms with Crippen molar-refractivity contribution in [2.75, 3.05) is 0 Å². The fourth-order valence-electron chi connectivity index (χ4n) is 2.97. The van der Waals surface area contributed by atoms with E-state index in [-0.39, 0.29) is 0 Å². The molecule has 1 unspecified atom stereocenters. The van der Waals surface area contributed by atoms with Gasteiger partial charge in [-0.1, -0.05) is 62.3 Å². The Morgan fingerprint density at radius 1 is 0.971 bits per heavy atom. The summed E-state index contributed by atoms with van der Waals surface area (Å²) in [4.78, 5) is 11.2. The van der Waals surface area contributed by atoms with Gasteiger partial charge in [0, 0.05) is 0 Å². The van der Waals surface area contributed by atoms with Crippen LogP contribution in [0.15, 0.2) is 38.9 Å². The molecule has 1 aromatic rings. The van der Waals surface area contributed by atoms with Crippen LogP contribution in [-0.2, 0) is 6.42 Å². The molecule has 34 heavy (non-hydrogen) atoms. The summed E-state index contributed by atoms with van der Waals surface area (Å²) < 4.78 is 1.55. The summed E-state index contributed by atoms with van der Waals surface area (Å²) in [5.41, 5.74) is 2.34. The Kier molecular flexibility index (Phi) is 31.7. The van der Waals surface area contributed by atoms with Gasteiger partial charge in [0.15, 0.2) is 0 Å². The molecule has 0 aliphatic heterocycles. The summed E-state index contributed by atoms with van der Waals surface area (Å²) in [5.74, 6) is 0.811. The Morgan fingerprint density at radius 3 is 1.85 bits per heavy atom. The maximum Gasteiger partial charge on any atom is -0.0683 e. The van der Waals surface area contributed by atoms with E-state index < -0.39 is 18.4 Å². The average Bonchev–Trinajstić information content (AvgIpc) is 3.28. The minimum absolute atomic E-state index is 0.811. The van der Waals surface area contributed by atoms with Crippen LogP contribution < -0.4 is 0 Å². The molecule has 0 saturated carbocycles. The minimum Gasteiger partial charge on any atom is -0.0683 e. The largest absolute Gasteiger partial charge is 0.0683 e. The first-order chi connectivity index (χ1) is 16.1. The van der Waals surface area contributed by atoms with E-state index in [1.807, 2.05) is 66.7 Å². The molecule has 0 amide bonds. The van der Waals surface area contributed by atoms with Gasteiger partial charge in [-0.25, -0.2) is 0 Å². The monoisotopic (exact) mass is 618 g/mol. The average molecular weight is 618 g/mol. The van der Waals surface area contributed by atoms with Crippen LogP contribution in [0.4, 0.5) is 0 Å². The normalized spacial score (nSPS) is 12.2. The van der Waals surface area contributed by atoms with Gasteiger partial charge >= 0.3 is 170 Å². The van der Waals surface area contributed by atoms with Crippen molar-refractivity contribution in [3.63, 3.8) is 0 Å². The third-order valence-electron chi connectivity index (χ3n) is 5.20. The second-order valence-corrected chi connectivity index (χ2v) is 25.4. The molecule has 0 spiro atoms. The van der Waals surface area contributed by atoms with Gasteiger partial charge in [0.25, 0.3) is 0 Å². The molecule has 1 aromatic heterocycles. The van der Waals surface area contributed by atoms with Crippen LogP contribution in [0.5, 0.6) is 0 Å². The zero-order valence-electron chi connectivity index (χ0n) is 25.9. The van der Waals surface area contributed by atoms with E-state index in [2.05, 4.69) is 67.3 Å². The van der Waals surface area contributed by atoms with Gasteiger partial charge in [0.2, 0.25) is 0 Å². The molecule has 0 fully saturated rings. The van der Waals surface area contributed by atoms with Crippen molar-refractivity contribution in [3.05, 3.63) is 48.6 Å². The molecule has 3 heteroatoms. The first-order valence-corrected chi connectivity index (χ1v) is 25.2. The maximum absolute atomic E-state index is 4.70. The topological polar surface area (TPSA) is 0 Å². The number of hydrogen-bond donors (Lipinski definition) is 1. The van der Waals surface area contributed by atoms with Gasteiger partial charge in [-0.3, -0.25) is 0 Å². The third-order valence-corrected chi connectivity index (χ3v) is 13.7. The second-order valence-electron chi connectivity index (χ2n) is 8.45. The third kappa shape index (κ3) is 18.4. The summed E-state index contributed by atoms with van der Waals surface area (Å²) in [6.45, 7) is 29.4. The second kappa shape index (κ2) is 26.1. The van der Waals surface area contributed by atoms with Gasteiger partial charge in [-0.05, 0) is 0 Å². The van der Waals surface area contributed by atoms with Gasteiger partial charge < -0.3 is 0 Å². The summed E-state index contributed by atoms with van der Waals surface area (Å²) >= 11 is 4.60. The van der Waals surface area contributed by atoms with E-state index in [0.717, 1.165) is 16.4 Å². The van der Waals surface area contributed by atoms with Crippen LogP contribution in [0, 0.1) is 5.92 Å². The van der Waals surface area contributed by atoms with Crippen LogP contribution in [0.1, 0.15) is 119 Å². The van der Waals surface area contributed by atoms with E-state index in [4.69, 9.17) is 12.6 Å². The van der Waals surface area contributed by atoms with Crippen molar-refractivity contribution in [2.45, 2.75) is 130 Å². The van der Waals surface area contributed by atoms with Crippen molar-refractivity contribution in [2.24, 2.45) is 5.92 Å². The quantitative estimate of drug-likeness (QED) is 0.151. The smallest absolute Gasteiger partial charge is 0.0683 e. The molecule has 0 aromatic carbocycles. The molecule has 1 atom stereocenters. The summed E-state index contributed by atoms with van der Waals surface area (Å²) in [6, 6.07) is 4.59. The standard InChI is InChI=1S/C20H29S2.4C2H6.3CH3.Sn/c1-6-9-11-17(8-3)14-18-12-13-19(22-18)20(16(5)21)15(4)10-7-2;4*1-2;;;;/h10,12-13,17,21H,4,6,8-9,11,14H2,1-3,5H3;4*1-2H3;3*1H3;/b10-7?,20-16-;;;;;;;;. The fourth-order valence-corrected chi connectivity index (χ4v) is 6.30. The number of thiol groups is 1. The Morgan fingerprint density at radius 2 is 1.47 bits per heavy atom. The molecular weight excluding hydrogens is 555 g/mol. The molecule has 0 bridgehead atoms. The number of hydrogen-bond acceptors (Lipinski definition) is 2. The number of allylic oxidation sites excluding steroid dienone is 5. The van der Waals surface area contributed by atoms with Crippen molar-refractivity contribution < 1.29 is 0 Å². The Balaban J connectivity index is -0.000000506. The van der Waals surface area contributed by atoms with Gasteiger partial charge in [0.05, 0.1) is 0 Å². The van der Waals surface area contributed by atoms with Gasteiger partial charge in [-0.15, -0.1) is 0 Å². The fraction of sp³-hybridized carbons (Fsp3) is 0.677. The van der Waals surface area contributed by atoms with Crippen LogP contribution in [0.25, 0.3) is 5.57 Å². The molecule has 0 nitrogen and oxygen atoms in total. The molecule has 0 N–H and O–H groups in total. The van der Waals surface area contributed by atoms with E-state index in [9.17, 15) is 0 Å². The van der Waals surface area contributed by atoms with Crippen molar-refractivity contribution >= 4 is 47.9 Å². The predicted octanol–water partition coefficient (Wildman–Crippen LogP) is 12.7. The summed E-state index contributed by atoms with van der Waals surface area (Å²) in [7, 11) is 0. The number of rotatable bonds is 10. The molecule has 1 heterocycles. The van der Waals surface area contributed by atoms with E-state index >= 15 is 0 Å². The van der Waals surface area contributed by atoms with Crippen LogP contribution >= 0.6 is 24.0 Å². The molecule has 0 aliphatic rings. The first-order valence-electron chi connectivity index (χ1n) is 14.0. The molecule has 0 aliphatic carbocycles. The van der Waals surface area contributed by atoms with Crippen molar-refractivity contribution in [1.82, 2.24) is 0 Å². The summed E-state index contributed by atoms with van der Waals surface area (Å²) in [5, 5.41) is 0. The van der Waals surface area contributed by atoms with Gasteiger partial charge in [-0.2, -0.15) is 0 Å². The SMILES string of the molecule is C=C(/C=[C](\C)[Sn]([CH3])([CH3])[CH3])/C(=C(\C)S)c1ccc(CC(CC)CCCC)s1.CC.CC.CC.CC. The molecule has 202 valence electrons.